The third kappa shape index (κ3) is 2.73. The van der Waals surface area contributed by atoms with E-state index in [2.05, 4.69) is 4.98 Å². The van der Waals surface area contributed by atoms with Crippen LogP contribution >= 0.6 is 11.3 Å². The Bertz CT molecular complexity index is 770. The summed E-state index contributed by atoms with van der Waals surface area (Å²) in [6, 6.07) is 1.68. The van der Waals surface area contributed by atoms with Crippen LogP contribution in [0.4, 0.5) is 0 Å². The van der Waals surface area contributed by atoms with Crippen molar-refractivity contribution in [2.24, 2.45) is 5.41 Å². The molecule has 0 N–H and O–H groups in total. The van der Waals surface area contributed by atoms with E-state index in [0.717, 1.165) is 17.1 Å². The number of aromatic nitrogens is 1. The highest BCUT2D eigenvalue weighted by Gasteiger charge is 2.48. The van der Waals surface area contributed by atoms with Crippen molar-refractivity contribution in [2.75, 3.05) is 19.6 Å². The summed E-state index contributed by atoms with van der Waals surface area (Å²) in [5.74, 6) is 0.153. The summed E-state index contributed by atoms with van der Waals surface area (Å²) >= 11 is 1.60. The molecular formula is C17H19N3O3S. The smallest absolute Gasteiger partial charge is 0.257 e. The zero-order valence-corrected chi connectivity index (χ0v) is 14.3. The molecule has 2 aromatic heterocycles. The van der Waals surface area contributed by atoms with Gasteiger partial charge < -0.3 is 14.2 Å². The van der Waals surface area contributed by atoms with Crippen LogP contribution in [0.5, 0.6) is 0 Å². The number of furan rings is 1. The van der Waals surface area contributed by atoms with Gasteiger partial charge in [0.1, 0.15) is 6.26 Å². The van der Waals surface area contributed by atoms with E-state index in [0.29, 0.717) is 38.2 Å². The largest absolute Gasteiger partial charge is 0.472 e. The van der Waals surface area contributed by atoms with Crippen molar-refractivity contribution >= 4 is 23.2 Å². The van der Waals surface area contributed by atoms with Gasteiger partial charge in [0, 0.05) is 36.9 Å². The summed E-state index contributed by atoms with van der Waals surface area (Å²) in [5, 5.41) is 3.03. The van der Waals surface area contributed by atoms with E-state index in [1.54, 1.807) is 17.4 Å². The van der Waals surface area contributed by atoms with Crippen molar-refractivity contribution in [3.8, 4) is 0 Å². The molecular weight excluding hydrogens is 326 g/mol. The molecule has 4 heterocycles. The van der Waals surface area contributed by atoms with Crippen LogP contribution in [0.1, 0.15) is 33.9 Å². The summed E-state index contributed by atoms with van der Waals surface area (Å²) in [5.41, 5.74) is 1.42. The van der Waals surface area contributed by atoms with Gasteiger partial charge in [-0.2, -0.15) is 0 Å². The highest BCUT2D eigenvalue weighted by Crippen LogP contribution is 2.41. The summed E-state index contributed by atoms with van der Waals surface area (Å²) < 4.78 is 5.00. The predicted molar refractivity (Wildman–Crippen MR) is 88.5 cm³/mol. The lowest BCUT2D eigenvalue weighted by Crippen LogP contribution is -2.34. The fraction of sp³-hybridized carbons (Fsp3) is 0.471. The Kier molecular flexibility index (Phi) is 3.68. The summed E-state index contributed by atoms with van der Waals surface area (Å²) in [7, 11) is 0. The van der Waals surface area contributed by atoms with Crippen molar-refractivity contribution in [3.63, 3.8) is 0 Å². The minimum absolute atomic E-state index is 0.0124. The predicted octanol–water partition coefficient (Wildman–Crippen LogP) is 2.31. The second-order valence-electron chi connectivity index (χ2n) is 6.77. The van der Waals surface area contributed by atoms with E-state index < -0.39 is 0 Å². The van der Waals surface area contributed by atoms with Crippen LogP contribution in [0.3, 0.4) is 0 Å². The standard InChI is InChI=1S/C17H19N3O3S/c1-12-18-14(9-24-12)7-20-11-17(6-15(20)21)3-4-19(10-17)16(22)13-2-5-23-8-13/h2,5,8-9H,3-4,6-7,10-11H2,1H3. The summed E-state index contributed by atoms with van der Waals surface area (Å²) in [4.78, 5) is 33.1. The molecule has 126 valence electrons. The normalized spacial score (nSPS) is 23.6. The molecule has 1 spiro atoms. The molecule has 7 heteroatoms. The van der Waals surface area contributed by atoms with Crippen molar-refractivity contribution in [1.82, 2.24) is 14.8 Å². The van der Waals surface area contributed by atoms with Gasteiger partial charge in [0.25, 0.3) is 5.91 Å². The van der Waals surface area contributed by atoms with Crippen LogP contribution in [0.2, 0.25) is 0 Å². The Morgan fingerprint density at radius 2 is 2.33 bits per heavy atom. The molecule has 2 amide bonds. The molecule has 2 aliphatic rings. The molecule has 6 nitrogen and oxygen atoms in total. The quantitative estimate of drug-likeness (QED) is 0.856. The molecule has 0 bridgehead atoms. The average Bonchev–Trinajstić information content (AvgIpc) is 3.30. The van der Waals surface area contributed by atoms with E-state index in [9.17, 15) is 9.59 Å². The van der Waals surface area contributed by atoms with E-state index in [4.69, 9.17) is 4.42 Å². The molecule has 1 atom stereocenters. The highest BCUT2D eigenvalue weighted by atomic mass is 32.1. The number of amides is 2. The first-order valence-electron chi connectivity index (χ1n) is 8.05. The zero-order valence-electron chi connectivity index (χ0n) is 13.5. The molecule has 0 aromatic carbocycles. The van der Waals surface area contributed by atoms with Gasteiger partial charge in [0.15, 0.2) is 0 Å². The van der Waals surface area contributed by atoms with Gasteiger partial charge in [0.2, 0.25) is 5.91 Å². The molecule has 2 saturated heterocycles. The molecule has 4 rings (SSSR count). The Morgan fingerprint density at radius 3 is 3.04 bits per heavy atom. The molecule has 2 aliphatic heterocycles. The zero-order chi connectivity index (χ0) is 16.7. The molecule has 2 aromatic rings. The molecule has 24 heavy (non-hydrogen) atoms. The monoisotopic (exact) mass is 345 g/mol. The number of likely N-dealkylation sites (tertiary alicyclic amines) is 2. The van der Waals surface area contributed by atoms with Gasteiger partial charge >= 0.3 is 0 Å². The van der Waals surface area contributed by atoms with Crippen LogP contribution in [0.15, 0.2) is 28.4 Å². The Hall–Kier alpha value is -2.15. The minimum Gasteiger partial charge on any atom is -0.472 e. The number of hydrogen-bond donors (Lipinski definition) is 0. The first-order chi connectivity index (χ1) is 11.5. The molecule has 2 fully saturated rings. The van der Waals surface area contributed by atoms with Gasteiger partial charge in [-0.1, -0.05) is 0 Å². The van der Waals surface area contributed by atoms with Gasteiger partial charge in [0.05, 0.1) is 29.1 Å². The number of aryl methyl sites for hydroxylation is 1. The molecule has 0 radical (unpaired) electrons. The topological polar surface area (TPSA) is 66.7 Å². The first kappa shape index (κ1) is 15.4. The Balaban J connectivity index is 1.43. The lowest BCUT2D eigenvalue weighted by atomic mass is 9.86. The Morgan fingerprint density at radius 1 is 1.46 bits per heavy atom. The third-order valence-electron chi connectivity index (χ3n) is 4.92. The average molecular weight is 345 g/mol. The van der Waals surface area contributed by atoms with Gasteiger partial charge in [-0.25, -0.2) is 4.98 Å². The van der Waals surface area contributed by atoms with Gasteiger partial charge in [-0.3, -0.25) is 9.59 Å². The lowest BCUT2D eigenvalue weighted by Gasteiger charge is -2.23. The van der Waals surface area contributed by atoms with Crippen LogP contribution < -0.4 is 0 Å². The van der Waals surface area contributed by atoms with E-state index in [-0.39, 0.29) is 17.2 Å². The number of rotatable bonds is 3. The third-order valence-corrected chi connectivity index (χ3v) is 5.74. The highest BCUT2D eigenvalue weighted by molar-refractivity contribution is 7.09. The lowest BCUT2D eigenvalue weighted by molar-refractivity contribution is -0.128. The maximum absolute atomic E-state index is 12.5. The molecule has 1 unspecified atom stereocenters. The summed E-state index contributed by atoms with van der Waals surface area (Å²) in [6.45, 7) is 4.58. The Labute approximate surface area is 144 Å². The van der Waals surface area contributed by atoms with Crippen LogP contribution in [-0.2, 0) is 11.3 Å². The first-order valence-corrected chi connectivity index (χ1v) is 8.93. The summed E-state index contributed by atoms with van der Waals surface area (Å²) in [6.07, 6.45) is 4.37. The number of thiazole rings is 1. The van der Waals surface area contributed by atoms with Crippen LogP contribution in [0, 0.1) is 12.3 Å². The minimum atomic E-state index is -0.110. The second-order valence-corrected chi connectivity index (χ2v) is 7.84. The number of carbonyl (C=O) groups is 2. The maximum Gasteiger partial charge on any atom is 0.257 e. The number of carbonyl (C=O) groups excluding carboxylic acids is 2. The van der Waals surface area contributed by atoms with Crippen molar-refractivity contribution in [2.45, 2.75) is 26.3 Å². The van der Waals surface area contributed by atoms with Crippen molar-refractivity contribution < 1.29 is 14.0 Å². The SMILES string of the molecule is Cc1nc(CN2CC3(CCN(C(=O)c4ccoc4)C3)CC2=O)cs1. The number of nitrogens with zero attached hydrogens (tertiary/aromatic N) is 3. The van der Waals surface area contributed by atoms with Crippen molar-refractivity contribution in [3.05, 3.63) is 40.2 Å². The fourth-order valence-electron chi connectivity index (χ4n) is 3.75. The van der Waals surface area contributed by atoms with E-state index in [1.165, 1.54) is 12.5 Å². The second kappa shape index (κ2) is 5.73. The van der Waals surface area contributed by atoms with Crippen LogP contribution in [-0.4, -0.2) is 46.2 Å². The maximum atomic E-state index is 12.5. The van der Waals surface area contributed by atoms with E-state index >= 15 is 0 Å². The van der Waals surface area contributed by atoms with Gasteiger partial charge in [-0.05, 0) is 19.4 Å². The fourth-order valence-corrected chi connectivity index (χ4v) is 4.36. The molecule has 0 aliphatic carbocycles. The van der Waals surface area contributed by atoms with Crippen LogP contribution in [0.25, 0.3) is 0 Å². The number of hydrogen-bond acceptors (Lipinski definition) is 5. The van der Waals surface area contributed by atoms with Crippen molar-refractivity contribution in [1.29, 1.82) is 0 Å². The van der Waals surface area contributed by atoms with Gasteiger partial charge in [-0.15, -0.1) is 11.3 Å². The van der Waals surface area contributed by atoms with E-state index in [1.807, 2.05) is 22.1 Å². The molecule has 0 saturated carbocycles.